The fourth-order valence-electron chi connectivity index (χ4n) is 2.02. The van der Waals surface area contributed by atoms with Crippen LogP contribution in [0.3, 0.4) is 0 Å². The third-order valence-corrected chi connectivity index (χ3v) is 3.77. The smallest absolute Gasteiger partial charge is 0.270 e. The van der Waals surface area contributed by atoms with Crippen LogP contribution in [-0.2, 0) is 6.42 Å². The third kappa shape index (κ3) is 4.86. The Morgan fingerprint density at radius 1 is 1.38 bits per heavy atom. The quantitative estimate of drug-likeness (QED) is 0.825. The molecule has 0 radical (unpaired) electrons. The number of hydrogen-bond acceptors (Lipinski definition) is 4. The number of rotatable bonds is 7. The fraction of sp³-hybridized carbons (Fsp3) is 0.375. The molecule has 0 aliphatic heterocycles. The highest BCUT2D eigenvalue weighted by atomic mass is 32.1. The highest BCUT2D eigenvalue weighted by molar-refractivity contribution is 7.07. The van der Waals surface area contributed by atoms with Crippen LogP contribution in [0.5, 0.6) is 0 Å². The van der Waals surface area contributed by atoms with Crippen LogP contribution < -0.4 is 10.6 Å². The van der Waals surface area contributed by atoms with Crippen LogP contribution in [0, 0.1) is 0 Å². The van der Waals surface area contributed by atoms with E-state index in [2.05, 4.69) is 34.0 Å². The lowest BCUT2D eigenvalue weighted by Crippen LogP contribution is -2.34. The van der Waals surface area contributed by atoms with E-state index in [-0.39, 0.29) is 11.9 Å². The Morgan fingerprint density at radius 3 is 2.95 bits per heavy atom. The summed E-state index contributed by atoms with van der Waals surface area (Å²) in [6, 6.07) is 7.64. The number of hydrogen-bond donors (Lipinski definition) is 2. The molecule has 21 heavy (non-hydrogen) atoms. The van der Waals surface area contributed by atoms with Gasteiger partial charge in [-0.15, -0.1) is 0 Å². The molecule has 2 aromatic heterocycles. The van der Waals surface area contributed by atoms with Crippen molar-refractivity contribution < 1.29 is 4.79 Å². The Hall–Kier alpha value is -1.88. The predicted octanol–water partition coefficient (Wildman–Crippen LogP) is 3.33. The van der Waals surface area contributed by atoms with E-state index in [0.29, 0.717) is 5.69 Å². The van der Waals surface area contributed by atoms with Gasteiger partial charge in [0.1, 0.15) is 11.5 Å². The second-order valence-corrected chi connectivity index (χ2v) is 5.83. The van der Waals surface area contributed by atoms with Gasteiger partial charge in [-0.25, -0.2) is 4.98 Å². The predicted molar refractivity (Wildman–Crippen MR) is 88.0 cm³/mol. The highest BCUT2D eigenvalue weighted by Gasteiger charge is 2.12. The van der Waals surface area contributed by atoms with Gasteiger partial charge >= 0.3 is 0 Å². The molecular weight excluding hydrogens is 282 g/mol. The van der Waals surface area contributed by atoms with E-state index in [1.165, 1.54) is 5.56 Å². The molecule has 2 rings (SSSR count). The van der Waals surface area contributed by atoms with Gasteiger partial charge in [-0.2, -0.15) is 11.3 Å². The minimum Gasteiger partial charge on any atom is -0.370 e. The highest BCUT2D eigenvalue weighted by Crippen LogP contribution is 2.09. The number of carbonyl (C=O) groups excluding carboxylic acids is 1. The van der Waals surface area contributed by atoms with Crippen molar-refractivity contribution in [3.8, 4) is 0 Å². The van der Waals surface area contributed by atoms with E-state index in [0.717, 1.165) is 25.2 Å². The first-order valence-corrected chi connectivity index (χ1v) is 8.16. The summed E-state index contributed by atoms with van der Waals surface area (Å²) in [7, 11) is 0. The SMILES string of the molecule is CCCNc1cccc(C(=O)NC(C)Cc2ccsc2)n1. The van der Waals surface area contributed by atoms with Crippen molar-refractivity contribution in [1.82, 2.24) is 10.3 Å². The summed E-state index contributed by atoms with van der Waals surface area (Å²) in [4.78, 5) is 16.6. The first-order valence-electron chi connectivity index (χ1n) is 7.22. The number of pyridine rings is 1. The molecule has 0 fully saturated rings. The maximum atomic E-state index is 12.2. The molecule has 0 aliphatic rings. The van der Waals surface area contributed by atoms with Gasteiger partial charge in [0.05, 0.1) is 0 Å². The Bertz CT molecular complexity index is 569. The lowest BCUT2D eigenvalue weighted by molar-refractivity contribution is 0.0935. The molecule has 0 saturated carbocycles. The van der Waals surface area contributed by atoms with Crippen LogP contribution in [-0.4, -0.2) is 23.5 Å². The van der Waals surface area contributed by atoms with Crippen molar-refractivity contribution in [1.29, 1.82) is 0 Å². The van der Waals surface area contributed by atoms with Crippen molar-refractivity contribution in [3.05, 3.63) is 46.3 Å². The van der Waals surface area contributed by atoms with Crippen molar-refractivity contribution in [2.45, 2.75) is 32.7 Å². The number of thiophene rings is 1. The zero-order chi connectivity index (χ0) is 15.1. The maximum absolute atomic E-state index is 12.2. The molecular formula is C16H21N3OS. The lowest BCUT2D eigenvalue weighted by atomic mass is 10.1. The van der Waals surface area contributed by atoms with E-state index < -0.39 is 0 Å². The Labute approximate surface area is 129 Å². The summed E-state index contributed by atoms with van der Waals surface area (Å²) >= 11 is 1.67. The number of nitrogens with one attached hydrogen (secondary N) is 2. The van der Waals surface area contributed by atoms with E-state index in [1.54, 1.807) is 17.4 Å². The van der Waals surface area contributed by atoms with Crippen molar-refractivity contribution in [2.75, 3.05) is 11.9 Å². The molecule has 0 spiro atoms. The third-order valence-electron chi connectivity index (χ3n) is 3.04. The van der Waals surface area contributed by atoms with Gasteiger partial charge in [-0.05, 0) is 54.3 Å². The zero-order valence-electron chi connectivity index (χ0n) is 12.4. The van der Waals surface area contributed by atoms with Crippen LogP contribution in [0.1, 0.15) is 36.3 Å². The van der Waals surface area contributed by atoms with Gasteiger partial charge in [-0.3, -0.25) is 4.79 Å². The van der Waals surface area contributed by atoms with Crippen LogP contribution in [0.25, 0.3) is 0 Å². The van der Waals surface area contributed by atoms with Crippen LogP contribution in [0.2, 0.25) is 0 Å². The summed E-state index contributed by atoms with van der Waals surface area (Å²) in [6.07, 6.45) is 1.86. The van der Waals surface area contributed by atoms with Gasteiger partial charge < -0.3 is 10.6 Å². The summed E-state index contributed by atoms with van der Waals surface area (Å²) in [5.74, 6) is 0.618. The molecule has 2 heterocycles. The molecule has 0 aromatic carbocycles. The number of carbonyl (C=O) groups is 1. The first kappa shape index (κ1) is 15.5. The average Bonchev–Trinajstić information content (AvgIpc) is 2.98. The van der Waals surface area contributed by atoms with E-state index in [4.69, 9.17) is 0 Å². The van der Waals surface area contributed by atoms with Crippen molar-refractivity contribution >= 4 is 23.1 Å². The first-order chi connectivity index (χ1) is 10.2. The van der Waals surface area contributed by atoms with Gasteiger partial charge in [0.25, 0.3) is 5.91 Å². The summed E-state index contributed by atoms with van der Waals surface area (Å²) < 4.78 is 0. The van der Waals surface area contributed by atoms with Crippen molar-refractivity contribution in [2.24, 2.45) is 0 Å². The van der Waals surface area contributed by atoms with Crippen molar-refractivity contribution in [3.63, 3.8) is 0 Å². The summed E-state index contributed by atoms with van der Waals surface area (Å²) in [6.45, 7) is 4.96. The molecule has 1 atom stereocenters. The monoisotopic (exact) mass is 303 g/mol. The molecule has 0 bridgehead atoms. The molecule has 4 nitrogen and oxygen atoms in total. The Balaban J connectivity index is 1.93. The van der Waals surface area contributed by atoms with Crippen LogP contribution in [0.4, 0.5) is 5.82 Å². The summed E-state index contributed by atoms with van der Waals surface area (Å²) in [5, 5.41) is 10.3. The molecule has 2 N–H and O–H groups in total. The largest absolute Gasteiger partial charge is 0.370 e. The standard InChI is InChI=1S/C16H21N3OS/c1-3-8-17-15-6-4-5-14(19-15)16(20)18-12(2)10-13-7-9-21-11-13/h4-7,9,11-12H,3,8,10H2,1-2H3,(H,17,19)(H,18,20). The molecule has 0 saturated heterocycles. The zero-order valence-corrected chi connectivity index (χ0v) is 13.2. The normalized spacial score (nSPS) is 11.9. The molecule has 112 valence electrons. The molecule has 1 amide bonds. The molecule has 0 aliphatic carbocycles. The lowest BCUT2D eigenvalue weighted by Gasteiger charge is -2.13. The van der Waals surface area contributed by atoms with Crippen LogP contribution in [0.15, 0.2) is 35.0 Å². The van der Waals surface area contributed by atoms with Crippen LogP contribution >= 0.6 is 11.3 Å². The number of nitrogens with zero attached hydrogens (tertiary/aromatic N) is 1. The topological polar surface area (TPSA) is 54.0 Å². The fourth-order valence-corrected chi connectivity index (χ4v) is 2.71. The number of amides is 1. The average molecular weight is 303 g/mol. The second-order valence-electron chi connectivity index (χ2n) is 5.05. The van der Waals surface area contributed by atoms with Gasteiger partial charge in [0.2, 0.25) is 0 Å². The van der Waals surface area contributed by atoms with Gasteiger partial charge in [0.15, 0.2) is 0 Å². The second kappa shape index (κ2) is 7.78. The Morgan fingerprint density at radius 2 is 2.24 bits per heavy atom. The number of anilines is 1. The van der Waals surface area contributed by atoms with Gasteiger partial charge in [-0.1, -0.05) is 13.0 Å². The molecule has 2 aromatic rings. The maximum Gasteiger partial charge on any atom is 0.270 e. The minimum absolute atomic E-state index is 0.0844. The number of aromatic nitrogens is 1. The van der Waals surface area contributed by atoms with E-state index >= 15 is 0 Å². The minimum atomic E-state index is -0.127. The van der Waals surface area contributed by atoms with Gasteiger partial charge in [0, 0.05) is 12.6 Å². The Kier molecular flexibility index (Phi) is 5.75. The van der Waals surface area contributed by atoms with E-state index in [9.17, 15) is 4.79 Å². The molecule has 1 unspecified atom stereocenters. The van der Waals surface area contributed by atoms with E-state index in [1.807, 2.05) is 24.4 Å². The summed E-state index contributed by atoms with van der Waals surface area (Å²) in [5.41, 5.74) is 1.70. The molecule has 5 heteroatoms.